The van der Waals surface area contributed by atoms with E-state index in [9.17, 15) is 9.59 Å². The molecule has 1 aliphatic rings. The number of carbonyl (C=O) groups is 2. The van der Waals surface area contributed by atoms with Crippen LogP contribution in [0.1, 0.15) is 17.5 Å². The second-order valence-corrected chi connectivity index (χ2v) is 8.30. The molecular weight excluding hydrogens is 412 g/mol. The highest BCUT2D eigenvalue weighted by Gasteiger charge is 2.34. The Hall–Kier alpha value is -4.19. The summed E-state index contributed by atoms with van der Waals surface area (Å²) in [6.07, 6.45) is 0.545. The lowest BCUT2D eigenvalue weighted by Crippen LogP contribution is -2.33. The maximum atomic E-state index is 13.0. The van der Waals surface area contributed by atoms with Crippen LogP contribution in [0.25, 0.3) is 16.9 Å². The van der Waals surface area contributed by atoms with Crippen molar-refractivity contribution in [3.05, 3.63) is 96.1 Å². The lowest BCUT2D eigenvalue weighted by molar-refractivity contribution is -0.125. The molecule has 6 nitrogen and oxygen atoms in total. The molecule has 2 amide bonds. The van der Waals surface area contributed by atoms with Crippen molar-refractivity contribution in [3.63, 3.8) is 0 Å². The van der Waals surface area contributed by atoms with E-state index < -0.39 is 5.92 Å². The molecular formula is C27H24N4O2. The van der Waals surface area contributed by atoms with Gasteiger partial charge in [-0.25, -0.2) is 4.68 Å². The summed E-state index contributed by atoms with van der Waals surface area (Å²) >= 11 is 0. The first-order valence-electron chi connectivity index (χ1n) is 11.0. The Labute approximate surface area is 192 Å². The van der Waals surface area contributed by atoms with Gasteiger partial charge in [0, 0.05) is 23.2 Å². The molecule has 0 aliphatic carbocycles. The molecule has 0 saturated carbocycles. The Morgan fingerprint density at radius 2 is 1.67 bits per heavy atom. The Morgan fingerprint density at radius 3 is 2.36 bits per heavy atom. The van der Waals surface area contributed by atoms with E-state index >= 15 is 0 Å². The molecule has 0 saturated heterocycles. The van der Waals surface area contributed by atoms with Gasteiger partial charge in [0.05, 0.1) is 17.3 Å². The second kappa shape index (κ2) is 8.74. The van der Waals surface area contributed by atoms with Gasteiger partial charge in [-0.3, -0.25) is 9.59 Å². The monoisotopic (exact) mass is 436 g/mol. The number of para-hydroxylation sites is 1. The van der Waals surface area contributed by atoms with E-state index in [4.69, 9.17) is 5.10 Å². The van der Waals surface area contributed by atoms with Crippen molar-refractivity contribution >= 4 is 23.3 Å². The van der Waals surface area contributed by atoms with Crippen molar-refractivity contribution in [2.24, 2.45) is 5.92 Å². The quantitative estimate of drug-likeness (QED) is 0.463. The Kier molecular flexibility index (Phi) is 5.48. The average molecular weight is 437 g/mol. The third-order valence-corrected chi connectivity index (χ3v) is 5.86. The van der Waals surface area contributed by atoms with Gasteiger partial charge in [0.1, 0.15) is 5.82 Å². The van der Waals surface area contributed by atoms with Gasteiger partial charge >= 0.3 is 0 Å². The molecule has 5 rings (SSSR count). The lowest BCUT2D eigenvalue weighted by atomic mass is 9.90. The second-order valence-electron chi connectivity index (χ2n) is 8.30. The number of rotatable bonds is 5. The minimum absolute atomic E-state index is 0.101. The van der Waals surface area contributed by atoms with E-state index in [1.165, 1.54) is 0 Å². The molecule has 4 aromatic rings. The predicted molar refractivity (Wildman–Crippen MR) is 129 cm³/mol. The number of hydrogen-bond donors (Lipinski definition) is 2. The number of amides is 2. The minimum Gasteiger partial charge on any atom is -0.326 e. The van der Waals surface area contributed by atoms with E-state index in [1.807, 2.05) is 91.9 Å². The topological polar surface area (TPSA) is 76.0 Å². The minimum atomic E-state index is -0.473. The average Bonchev–Trinajstić information content (AvgIpc) is 3.20. The first-order valence-corrected chi connectivity index (χ1v) is 11.0. The fourth-order valence-corrected chi connectivity index (χ4v) is 4.15. The molecule has 6 heteroatoms. The fraction of sp³-hybridized carbons (Fsp3) is 0.148. The molecule has 0 bridgehead atoms. The molecule has 0 radical (unpaired) electrons. The first kappa shape index (κ1) is 20.7. The van der Waals surface area contributed by atoms with Crippen LogP contribution in [0.2, 0.25) is 0 Å². The van der Waals surface area contributed by atoms with Gasteiger partial charge in [-0.1, -0.05) is 66.2 Å². The zero-order chi connectivity index (χ0) is 22.8. The summed E-state index contributed by atoms with van der Waals surface area (Å²) in [5.74, 6) is -0.156. The standard InChI is InChI=1S/C27H24N4O2/c1-18-12-14-21(15-13-18)28-24(32)17-20-16-23-25(19-8-4-2-5-9-19)30-31(26(23)29-27(20)33)22-10-6-3-7-11-22/h2-15,20H,16-17H2,1H3,(H,28,32)(H,29,33). The van der Waals surface area contributed by atoms with Gasteiger partial charge in [-0.15, -0.1) is 0 Å². The number of anilines is 2. The summed E-state index contributed by atoms with van der Waals surface area (Å²) in [4.78, 5) is 25.7. The number of nitrogens with one attached hydrogen (secondary N) is 2. The first-order chi connectivity index (χ1) is 16.1. The lowest BCUT2D eigenvalue weighted by Gasteiger charge is -2.23. The fourth-order valence-electron chi connectivity index (χ4n) is 4.15. The number of aryl methyl sites for hydroxylation is 1. The molecule has 1 aromatic heterocycles. The number of hydrogen-bond acceptors (Lipinski definition) is 3. The molecule has 1 unspecified atom stereocenters. The largest absolute Gasteiger partial charge is 0.326 e. The van der Waals surface area contributed by atoms with Crippen molar-refractivity contribution in [1.29, 1.82) is 0 Å². The zero-order valence-corrected chi connectivity index (χ0v) is 18.3. The smallest absolute Gasteiger partial charge is 0.229 e. The van der Waals surface area contributed by atoms with E-state index in [-0.39, 0.29) is 18.2 Å². The van der Waals surface area contributed by atoms with Crippen LogP contribution in [0.4, 0.5) is 11.5 Å². The van der Waals surface area contributed by atoms with Crippen molar-refractivity contribution < 1.29 is 9.59 Å². The molecule has 3 aromatic carbocycles. The number of aromatic nitrogens is 2. The van der Waals surface area contributed by atoms with E-state index in [0.29, 0.717) is 12.2 Å². The summed E-state index contributed by atoms with van der Waals surface area (Å²) in [7, 11) is 0. The highest BCUT2D eigenvalue weighted by molar-refractivity contribution is 6.01. The van der Waals surface area contributed by atoms with Gasteiger partial charge in [-0.05, 0) is 37.6 Å². The predicted octanol–water partition coefficient (Wildman–Crippen LogP) is 4.99. The van der Waals surface area contributed by atoms with Crippen LogP contribution in [0.5, 0.6) is 0 Å². The Bertz CT molecular complexity index is 1300. The Morgan fingerprint density at radius 1 is 1.00 bits per heavy atom. The Balaban J connectivity index is 1.45. The summed E-state index contributed by atoms with van der Waals surface area (Å²) in [5.41, 5.74) is 5.45. The van der Waals surface area contributed by atoms with Gasteiger partial charge < -0.3 is 10.6 Å². The van der Waals surface area contributed by atoms with E-state index in [0.717, 1.165) is 33.8 Å². The molecule has 1 atom stereocenters. The summed E-state index contributed by atoms with van der Waals surface area (Å²) in [6.45, 7) is 2.00. The number of fused-ring (bicyclic) bond motifs is 1. The number of nitrogens with zero attached hydrogens (tertiary/aromatic N) is 2. The highest BCUT2D eigenvalue weighted by Crippen LogP contribution is 2.36. The van der Waals surface area contributed by atoms with Gasteiger partial charge in [0.25, 0.3) is 0 Å². The van der Waals surface area contributed by atoms with Crippen molar-refractivity contribution in [2.75, 3.05) is 10.6 Å². The molecule has 2 heterocycles. The van der Waals surface area contributed by atoms with Crippen LogP contribution in [-0.4, -0.2) is 21.6 Å². The number of carbonyl (C=O) groups excluding carboxylic acids is 2. The van der Waals surface area contributed by atoms with Crippen LogP contribution >= 0.6 is 0 Å². The highest BCUT2D eigenvalue weighted by atomic mass is 16.2. The molecule has 33 heavy (non-hydrogen) atoms. The number of benzene rings is 3. The summed E-state index contributed by atoms with van der Waals surface area (Å²) in [5, 5.41) is 10.8. The molecule has 164 valence electrons. The zero-order valence-electron chi connectivity index (χ0n) is 18.3. The van der Waals surface area contributed by atoms with Gasteiger partial charge in [0.2, 0.25) is 11.8 Å². The van der Waals surface area contributed by atoms with Crippen LogP contribution in [0.15, 0.2) is 84.9 Å². The molecule has 0 fully saturated rings. The SMILES string of the molecule is Cc1ccc(NC(=O)CC2Cc3c(-c4ccccc4)nn(-c4ccccc4)c3NC2=O)cc1. The van der Waals surface area contributed by atoms with Crippen LogP contribution in [0.3, 0.4) is 0 Å². The molecule has 1 aliphatic heterocycles. The van der Waals surface area contributed by atoms with Crippen molar-refractivity contribution in [3.8, 4) is 16.9 Å². The van der Waals surface area contributed by atoms with Crippen LogP contribution in [-0.2, 0) is 16.0 Å². The normalized spacial score (nSPS) is 14.9. The van der Waals surface area contributed by atoms with Crippen molar-refractivity contribution in [1.82, 2.24) is 9.78 Å². The van der Waals surface area contributed by atoms with Crippen molar-refractivity contribution in [2.45, 2.75) is 19.8 Å². The van der Waals surface area contributed by atoms with Crippen LogP contribution in [0, 0.1) is 12.8 Å². The third kappa shape index (κ3) is 4.28. The molecule has 0 spiro atoms. The van der Waals surface area contributed by atoms with Crippen LogP contribution < -0.4 is 10.6 Å². The molecule has 2 N–H and O–H groups in total. The summed E-state index contributed by atoms with van der Waals surface area (Å²) in [6, 6.07) is 27.3. The summed E-state index contributed by atoms with van der Waals surface area (Å²) < 4.78 is 1.78. The maximum absolute atomic E-state index is 13.0. The van der Waals surface area contributed by atoms with Gasteiger partial charge in [-0.2, -0.15) is 5.10 Å². The van der Waals surface area contributed by atoms with E-state index in [2.05, 4.69) is 10.6 Å². The third-order valence-electron chi connectivity index (χ3n) is 5.86. The van der Waals surface area contributed by atoms with Gasteiger partial charge in [0.15, 0.2) is 0 Å². The van der Waals surface area contributed by atoms with E-state index in [1.54, 1.807) is 4.68 Å². The maximum Gasteiger partial charge on any atom is 0.229 e.